The van der Waals surface area contributed by atoms with Crippen LogP contribution >= 0.6 is 0 Å². The van der Waals surface area contributed by atoms with Crippen LogP contribution in [0.4, 0.5) is 0 Å². The highest BCUT2D eigenvalue weighted by molar-refractivity contribution is 6.04. The molecule has 6 aliphatic rings. The Bertz CT molecular complexity index is 1450. The molecule has 0 N–H and O–H groups in total. The Morgan fingerprint density at radius 2 is 1.66 bits per heavy atom. The van der Waals surface area contributed by atoms with Crippen molar-refractivity contribution in [3.63, 3.8) is 0 Å². The van der Waals surface area contributed by atoms with Crippen LogP contribution in [0.15, 0.2) is 23.3 Å². The van der Waals surface area contributed by atoms with Crippen LogP contribution < -0.4 is 0 Å². The monoisotopic (exact) mass is 602 g/mol. The molecule has 0 aromatic rings. The van der Waals surface area contributed by atoms with Crippen LogP contribution in [0.5, 0.6) is 0 Å². The fourth-order valence-corrected chi connectivity index (χ4v) is 11.7. The number of fused-ring (bicyclic) bond motifs is 7. The van der Waals surface area contributed by atoms with Crippen molar-refractivity contribution in [2.24, 2.45) is 50.2 Å². The Hall–Kier alpha value is -2.75. The second-order valence-electron chi connectivity index (χ2n) is 17.1. The first-order chi connectivity index (χ1) is 20.4. The van der Waals surface area contributed by atoms with Crippen molar-refractivity contribution in [1.82, 2.24) is 4.90 Å². The third-order valence-corrected chi connectivity index (χ3v) is 14.3. The van der Waals surface area contributed by atoms with E-state index in [2.05, 4.69) is 40.7 Å². The Morgan fingerprint density at radius 3 is 2.32 bits per heavy atom. The standard InChI is InChI=1S/C37H50N2O5/c1-32(2)13-15-37(31(43)39-17-9-10-24(39)30(42)44-8)16-14-36(7)28(23(37)20-32)25(40)18-27-34(5)19-22(21-38)29(41)33(3,4)26(34)11-12-35(27,36)6/h18-19,23-24,26,28H,9-17,20H2,1-8H3/t23-,24?,26-,28-,34-,35+,36+,37-/m0/s1. The van der Waals surface area contributed by atoms with E-state index in [-0.39, 0.29) is 63.0 Å². The first kappa shape index (κ1) is 31.2. The third kappa shape index (κ3) is 3.84. The van der Waals surface area contributed by atoms with Crippen molar-refractivity contribution < 1.29 is 23.9 Å². The normalized spacial score (nSPS) is 43.8. The average Bonchev–Trinajstić information content (AvgIpc) is 3.45. The van der Waals surface area contributed by atoms with Gasteiger partial charge in [0.25, 0.3) is 0 Å². The first-order valence-electron chi connectivity index (χ1n) is 16.8. The summed E-state index contributed by atoms with van der Waals surface area (Å²) < 4.78 is 5.11. The van der Waals surface area contributed by atoms with Crippen molar-refractivity contribution in [2.45, 2.75) is 112 Å². The second-order valence-corrected chi connectivity index (χ2v) is 17.1. The first-order valence-corrected chi connectivity index (χ1v) is 16.8. The van der Waals surface area contributed by atoms with E-state index in [9.17, 15) is 24.4 Å². The minimum atomic E-state index is -0.703. The van der Waals surface area contributed by atoms with E-state index in [1.165, 1.54) is 7.11 Å². The lowest BCUT2D eigenvalue weighted by atomic mass is 9.34. The molecule has 1 aliphatic heterocycles. The van der Waals surface area contributed by atoms with Gasteiger partial charge < -0.3 is 9.64 Å². The fourth-order valence-electron chi connectivity index (χ4n) is 11.7. The number of amides is 1. The van der Waals surface area contributed by atoms with Crippen LogP contribution in [0.3, 0.4) is 0 Å². The highest BCUT2D eigenvalue weighted by Crippen LogP contribution is 2.74. The molecule has 7 nitrogen and oxygen atoms in total. The zero-order chi connectivity index (χ0) is 32.3. The number of hydrogen-bond donors (Lipinski definition) is 0. The topological polar surface area (TPSA) is 105 Å². The van der Waals surface area contributed by atoms with Crippen molar-refractivity contribution in [3.8, 4) is 6.07 Å². The number of carbonyl (C=O) groups is 4. The number of nitriles is 1. The molecule has 1 amide bonds. The number of ketones is 2. The van der Waals surface area contributed by atoms with E-state index >= 15 is 0 Å². The summed E-state index contributed by atoms with van der Waals surface area (Å²) in [5.41, 5.74) is -1.42. The summed E-state index contributed by atoms with van der Waals surface area (Å²) >= 11 is 0. The van der Waals surface area contributed by atoms with Crippen LogP contribution in [-0.2, 0) is 23.9 Å². The average molecular weight is 603 g/mol. The van der Waals surface area contributed by atoms with Crippen LogP contribution in [0, 0.1) is 61.6 Å². The number of Topliss-reactive ketones (excluding diaryl/α,β-unsaturated/α-hetero) is 1. The molecule has 238 valence electrons. The van der Waals surface area contributed by atoms with Gasteiger partial charge in [-0.25, -0.2) is 4.79 Å². The summed E-state index contributed by atoms with van der Waals surface area (Å²) in [5.74, 6) is -0.757. The molecular formula is C37H50N2O5. The molecule has 3 saturated carbocycles. The quantitative estimate of drug-likeness (QED) is 0.340. The molecule has 44 heavy (non-hydrogen) atoms. The number of esters is 1. The van der Waals surface area contributed by atoms with Gasteiger partial charge in [0.15, 0.2) is 11.6 Å². The maximum atomic E-state index is 14.8. The summed E-state index contributed by atoms with van der Waals surface area (Å²) in [6, 6.07) is 1.63. The summed E-state index contributed by atoms with van der Waals surface area (Å²) in [5, 5.41) is 9.98. The zero-order valence-corrected chi connectivity index (χ0v) is 28.0. The molecule has 1 unspecified atom stereocenters. The molecule has 0 aromatic carbocycles. The van der Waals surface area contributed by atoms with Gasteiger partial charge in [0, 0.05) is 23.3 Å². The van der Waals surface area contributed by atoms with Crippen molar-refractivity contribution in [3.05, 3.63) is 23.3 Å². The molecule has 8 atom stereocenters. The summed E-state index contributed by atoms with van der Waals surface area (Å²) in [4.78, 5) is 57.4. The number of hydrogen-bond acceptors (Lipinski definition) is 6. The molecule has 0 spiro atoms. The second kappa shape index (κ2) is 9.63. The van der Waals surface area contributed by atoms with Crippen LogP contribution in [-0.4, -0.2) is 48.0 Å². The molecule has 4 fully saturated rings. The predicted octanol–water partition coefficient (Wildman–Crippen LogP) is 6.37. The summed E-state index contributed by atoms with van der Waals surface area (Å²) in [7, 11) is 1.39. The van der Waals surface area contributed by atoms with E-state index in [1.807, 2.05) is 26.0 Å². The smallest absolute Gasteiger partial charge is 0.328 e. The third-order valence-electron chi connectivity index (χ3n) is 14.3. The predicted molar refractivity (Wildman–Crippen MR) is 166 cm³/mol. The number of allylic oxidation sites excluding steroid dienone is 4. The molecule has 6 rings (SSSR count). The lowest BCUT2D eigenvalue weighted by Gasteiger charge is -2.69. The summed E-state index contributed by atoms with van der Waals surface area (Å²) in [6.45, 7) is 15.8. The Morgan fingerprint density at radius 1 is 0.977 bits per heavy atom. The maximum Gasteiger partial charge on any atom is 0.328 e. The van der Waals surface area contributed by atoms with E-state index in [4.69, 9.17) is 4.74 Å². The number of rotatable bonds is 2. The van der Waals surface area contributed by atoms with Crippen molar-refractivity contribution in [1.29, 1.82) is 5.26 Å². The van der Waals surface area contributed by atoms with E-state index < -0.39 is 22.3 Å². The number of likely N-dealkylation sites (tertiary alicyclic amines) is 1. The minimum Gasteiger partial charge on any atom is -0.467 e. The molecule has 0 aromatic heterocycles. The maximum absolute atomic E-state index is 14.8. The number of methoxy groups -OCH3 is 1. The van der Waals surface area contributed by atoms with Crippen LogP contribution in [0.2, 0.25) is 0 Å². The lowest BCUT2D eigenvalue weighted by molar-refractivity contribution is -0.186. The largest absolute Gasteiger partial charge is 0.467 e. The SMILES string of the molecule is COC(=O)C1CCCN1C(=O)[C@]12CCC(C)(C)C[C@H]1[C@H]1C(=O)C=C3[C@@]4(C)C=C(C#N)C(=O)C(C)(C)[C@@H]4CC[C@@]3(C)[C@]1(C)CC2. The van der Waals surface area contributed by atoms with Gasteiger partial charge in [0.1, 0.15) is 12.1 Å². The van der Waals surface area contributed by atoms with E-state index in [0.29, 0.717) is 19.4 Å². The van der Waals surface area contributed by atoms with Gasteiger partial charge in [-0.3, -0.25) is 14.4 Å². The number of nitrogens with zero attached hydrogens (tertiary/aromatic N) is 2. The lowest BCUT2D eigenvalue weighted by Crippen LogP contribution is -2.67. The van der Waals surface area contributed by atoms with Gasteiger partial charge in [-0.15, -0.1) is 0 Å². The highest BCUT2D eigenvalue weighted by atomic mass is 16.5. The molecule has 1 saturated heterocycles. The number of carbonyl (C=O) groups excluding carboxylic acids is 4. The van der Waals surface area contributed by atoms with Gasteiger partial charge >= 0.3 is 5.97 Å². The van der Waals surface area contributed by atoms with E-state index in [1.54, 1.807) is 4.90 Å². The molecule has 5 aliphatic carbocycles. The molecule has 0 bridgehead atoms. The Balaban J connectivity index is 1.48. The molecular weight excluding hydrogens is 552 g/mol. The van der Waals surface area contributed by atoms with Gasteiger partial charge in [0.2, 0.25) is 5.91 Å². The molecule has 1 heterocycles. The highest BCUT2D eigenvalue weighted by Gasteiger charge is 2.71. The fraction of sp³-hybridized carbons (Fsp3) is 0.757. The van der Waals surface area contributed by atoms with Crippen molar-refractivity contribution in [2.75, 3.05) is 13.7 Å². The van der Waals surface area contributed by atoms with Crippen molar-refractivity contribution >= 4 is 23.4 Å². The van der Waals surface area contributed by atoms with Gasteiger partial charge in [-0.1, -0.05) is 60.1 Å². The number of ether oxygens (including phenoxy) is 1. The molecule has 7 heteroatoms. The Labute approximate surface area is 262 Å². The van der Waals surface area contributed by atoms with Gasteiger partial charge in [-0.2, -0.15) is 5.26 Å². The minimum absolute atomic E-state index is 0.00447. The summed E-state index contributed by atoms with van der Waals surface area (Å²) in [6.07, 6.45) is 10.7. The van der Waals surface area contributed by atoms with E-state index in [0.717, 1.165) is 50.5 Å². The molecule has 0 radical (unpaired) electrons. The van der Waals surface area contributed by atoms with Crippen LogP contribution in [0.1, 0.15) is 106 Å². The van der Waals surface area contributed by atoms with Crippen LogP contribution in [0.25, 0.3) is 0 Å². The Kier molecular flexibility index (Phi) is 6.84. The van der Waals surface area contributed by atoms with Gasteiger partial charge in [-0.05, 0) is 91.9 Å². The van der Waals surface area contributed by atoms with Gasteiger partial charge in [0.05, 0.1) is 18.1 Å². The zero-order valence-electron chi connectivity index (χ0n) is 28.0.